The number of thiophene rings is 1. The number of sulfonamides is 1. The molecule has 5 rings (SSSR count). The van der Waals surface area contributed by atoms with Crippen LogP contribution in [0.4, 0.5) is 0 Å². The van der Waals surface area contributed by atoms with E-state index in [1.165, 1.54) is 39.1 Å². The Morgan fingerprint density at radius 1 is 1.23 bits per heavy atom. The Bertz CT molecular complexity index is 1150. The number of aryl methyl sites for hydroxylation is 1. The van der Waals surface area contributed by atoms with E-state index >= 15 is 0 Å². The molecule has 1 aliphatic heterocycles. The molecule has 3 aromatic rings. The van der Waals surface area contributed by atoms with Crippen LogP contribution >= 0.6 is 23.1 Å². The summed E-state index contributed by atoms with van der Waals surface area (Å²) in [4.78, 5) is 6.94. The second-order valence-corrected chi connectivity index (χ2v) is 11.9. The van der Waals surface area contributed by atoms with Gasteiger partial charge in [0.2, 0.25) is 10.0 Å². The van der Waals surface area contributed by atoms with Gasteiger partial charge in [-0.1, -0.05) is 6.92 Å². The van der Waals surface area contributed by atoms with Crippen LogP contribution in [0.25, 0.3) is 10.8 Å². The Labute approximate surface area is 184 Å². The van der Waals surface area contributed by atoms with Crippen LogP contribution < -0.4 is 0 Å². The summed E-state index contributed by atoms with van der Waals surface area (Å²) in [5, 5.41) is 9.34. The van der Waals surface area contributed by atoms with Crippen molar-refractivity contribution in [1.82, 2.24) is 19.5 Å². The Morgan fingerprint density at radius 2 is 2.07 bits per heavy atom. The third-order valence-electron chi connectivity index (χ3n) is 5.55. The second-order valence-electron chi connectivity index (χ2n) is 7.83. The summed E-state index contributed by atoms with van der Waals surface area (Å²) in [6, 6.07) is 5.45. The zero-order valence-corrected chi connectivity index (χ0v) is 19.0. The van der Waals surface area contributed by atoms with Gasteiger partial charge in [0.25, 0.3) is 11.1 Å². The van der Waals surface area contributed by atoms with Gasteiger partial charge in [-0.3, -0.25) is 0 Å². The summed E-state index contributed by atoms with van der Waals surface area (Å²) in [6.07, 6.45) is 6.68. The normalized spacial score (nSPS) is 19.8. The van der Waals surface area contributed by atoms with Gasteiger partial charge in [0.15, 0.2) is 0 Å². The fourth-order valence-electron chi connectivity index (χ4n) is 3.91. The molecule has 1 atom stereocenters. The van der Waals surface area contributed by atoms with Crippen molar-refractivity contribution in [1.29, 1.82) is 0 Å². The molecule has 0 bridgehead atoms. The van der Waals surface area contributed by atoms with E-state index in [0.717, 1.165) is 36.5 Å². The highest BCUT2D eigenvalue weighted by Gasteiger charge is 2.27. The molecular formula is C20H22N4O3S3. The zero-order chi connectivity index (χ0) is 20.7. The van der Waals surface area contributed by atoms with Crippen molar-refractivity contribution in [3.05, 3.63) is 34.8 Å². The fourth-order valence-corrected chi connectivity index (χ4v) is 7.12. The highest BCUT2D eigenvalue weighted by molar-refractivity contribution is 7.99. The molecular weight excluding hydrogens is 440 g/mol. The van der Waals surface area contributed by atoms with Crippen LogP contribution in [0.1, 0.15) is 36.6 Å². The van der Waals surface area contributed by atoms with E-state index in [1.54, 1.807) is 23.5 Å². The first kappa shape index (κ1) is 20.2. The number of pyridine rings is 1. The van der Waals surface area contributed by atoms with E-state index in [2.05, 4.69) is 28.2 Å². The summed E-state index contributed by atoms with van der Waals surface area (Å²) >= 11 is 2.97. The minimum atomic E-state index is -3.45. The lowest BCUT2D eigenvalue weighted by Crippen LogP contribution is -2.27. The van der Waals surface area contributed by atoms with Crippen molar-refractivity contribution in [3.63, 3.8) is 0 Å². The van der Waals surface area contributed by atoms with Gasteiger partial charge in [-0.05, 0) is 73.5 Å². The van der Waals surface area contributed by atoms with Gasteiger partial charge < -0.3 is 4.42 Å². The van der Waals surface area contributed by atoms with Crippen LogP contribution in [0.15, 0.2) is 44.0 Å². The summed E-state index contributed by atoms with van der Waals surface area (Å²) in [5.41, 5.74) is 1.40. The van der Waals surface area contributed by atoms with Crippen LogP contribution in [0.2, 0.25) is 0 Å². The number of hydrogen-bond donors (Lipinski definition) is 0. The van der Waals surface area contributed by atoms with Gasteiger partial charge in [0.1, 0.15) is 9.92 Å². The molecule has 0 aromatic carbocycles. The minimum absolute atomic E-state index is 0.221. The Morgan fingerprint density at radius 3 is 2.83 bits per heavy atom. The number of hydrogen-bond acceptors (Lipinski definition) is 8. The number of rotatable bonds is 5. The molecule has 4 heterocycles. The zero-order valence-electron chi connectivity index (χ0n) is 16.6. The molecule has 0 spiro atoms. The van der Waals surface area contributed by atoms with Gasteiger partial charge in [-0.2, -0.15) is 4.31 Å². The van der Waals surface area contributed by atoms with Crippen LogP contribution in [-0.4, -0.2) is 41.0 Å². The maximum absolute atomic E-state index is 12.6. The van der Waals surface area contributed by atoms with E-state index in [4.69, 9.17) is 4.42 Å². The SMILES string of the molecule is C[C@H]1CCc2sc(-c3nnc(Sc4ccc(S(=O)(=O)N5CCCC5)cn4)o3)cc2C1. The third kappa shape index (κ3) is 3.93. The molecule has 1 fully saturated rings. The Hall–Kier alpha value is -1.75. The highest BCUT2D eigenvalue weighted by Crippen LogP contribution is 2.38. The van der Waals surface area contributed by atoms with E-state index in [9.17, 15) is 8.42 Å². The molecule has 0 radical (unpaired) electrons. The van der Waals surface area contributed by atoms with Crippen LogP contribution in [-0.2, 0) is 22.9 Å². The molecule has 30 heavy (non-hydrogen) atoms. The van der Waals surface area contributed by atoms with Crippen molar-refractivity contribution in [2.24, 2.45) is 5.92 Å². The van der Waals surface area contributed by atoms with E-state index in [1.807, 2.05) is 0 Å². The van der Waals surface area contributed by atoms with Crippen LogP contribution in [0.3, 0.4) is 0 Å². The molecule has 1 saturated heterocycles. The molecule has 0 amide bonds. The number of fused-ring (bicyclic) bond motifs is 1. The standard InChI is InChI=1S/C20H22N4O3S3/c1-13-4-6-16-14(10-13)11-17(28-16)19-22-23-20(27-19)29-18-7-5-15(12-21-18)30(25,26)24-8-2-3-9-24/h5,7,11-13H,2-4,6,8-10H2,1H3/t13-/m0/s1. The first-order chi connectivity index (χ1) is 14.5. The molecule has 0 unspecified atom stereocenters. The average molecular weight is 463 g/mol. The van der Waals surface area contributed by atoms with E-state index in [-0.39, 0.29) is 4.90 Å². The monoisotopic (exact) mass is 462 g/mol. The topological polar surface area (TPSA) is 89.2 Å². The Kier molecular flexibility index (Phi) is 5.42. The third-order valence-corrected chi connectivity index (χ3v) is 9.45. The van der Waals surface area contributed by atoms with Crippen molar-refractivity contribution in [2.45, 2.75) is 54.2 Å². The van der Waals surface area contributed by atoms with Gasteiger partial charge in [0, 0.05) is 24.2 Å². The van der Waals surface area contributed by atoms with Crippen molar-refractivity contribution in [2.75, 3.05) is 13.1 Å². The van der Waals surface area contributed by atoms with Crippen molar-refractivity contribution < 1.29 is 12.8 Å². The van der Waals surface area contributed by atoms with Gasteiger partial charge in [0.05, 0.1) is 4.88 Å². The lowest BCUT2D eigenvalue weighted by atomic mass is 9.90. The summed E-state index contributed by atoms with van der Waals surface area (Å²) in [5.74, 6) is 1.25. The summed E-state index contributed by atoms with van der Waals surface area (Å²) in [7, 11) is -3.45. The lowest BCUT2D eigenvalue weighted by molar-refractivity contribution is 0.466. The minimum Gasteiger partial charge on any atom is -0.410 e. The quantitative estimate of drug-likeness (QED) is 0.560. The summed E-state index contributed by atoms with van der Waals surface area (Å²) in [6.45, 7) is 3.44. The molecule has 158 valence electrons. The fraction of sp³-hybridized carbons (Fsp3) is 0.450. The first-order valence-corrected chi connectivity index (χ1v) is 13.2. The van der Waals surface area contributed by atoms with Gasteiger partial charge >= 0.3 is 0 Å². The van der Waals surface area contributed by atoms with Crippen molar-refractivity contribution in [3.8, 4) is 10.8 Å². The Balaban J connectivity index is 1.30. The molecule has 7 nitrogen and oxygen atoms in total. The van der Waals surface area contributed by atoms with Gasteiger partial charge in [-0.25, -0.2) is 13.4 Å². The number of nitrogens with zero attached hydrogens (tertiary/aromatic N) is 4. The molecule has 0 saturated carbocycles. The molecule has 3 aromatic heterocycles. The van der Waals surface area contributed by atoms with Gasteiger partial charge in [-0.15, -0.1) is 21.5 Å². The lowest BCUT2D eigenvalue weighted by Gasteiger charge is -2.16. The number of aromatic nitrogens is 3. The van der Waals surface area contributed by atoms with Crippen LogP contribution in [0.5, 0.6) is 0 Å². The predicted octanol–water partition coefficient (Wildman–Crippen LogP) is 4.25. The first-order valence-electron chi connectivity index (χ1n) is 10.1. The van der Waals surface area contributed by atoms with E-state index < -0.39 is 10.0 Å². The van der Waals surface area contributed by atoms with E-state index in [0.29, 0.717) is 29.2 Å². The summed E-state index contributed by atoms with van der Waals surface area (Å²) < 4.78 is 32.6. The molecule has 10 heteroatoms. The maximum atomic E-state index is 12.6. The smallest absolute Gasteiger partial charge is 0.283 e. The molecule has 1 aliphatic carbocycles. The molecule has 2 aliphatic rings. The molecule has 0 N–H and O–H groups in total. The maximum Gasteiger partial charge on any atom is 0.283 e. The largest absolute Gasteiger partial charge is 0.410 e. The second kappa shape index (κ2) is 8.07. The predicted molar refractivity (Wildman–Crippen MR) is 115 cm³/mol. The van der Waals surface area contributed by atoms with Crippen LogP contribution in [0, 0.1) is 5.92 Å². The highest BCUT2D eigenvalue weighted by atomic mass is 32.2. The van der Waals surface area contributed by atoms with Crippen molar-refractivity contribution >= 4 is 33.1 Å². The average Bonchev–Trinajstić information content (AvgIpc) is 3.48.